The van der Waals surface area contributed by atoms with Crippen LogP contribution in [0.5, 0.6) is 0 Å². The number of nitrogens with zero attached hydrogens (tertiary/aromatic N) is 3. The third kappa shape index (κ3) is 4.96. The van der Waals surface area contributed by atoms with E-state index in [0.29, 0.717) is 0 Å². The molecule has 1 aromatic carbocycles. The highest BCUT2D eigenvalue weighted by Crippen LogP contribution is 2.25. The minimum absolute atomic E-state index is 0.0128. The molecule has 2 aromatic rings. The number of para-hydroxylation sites is 1. The molecule has 0 atom stereocenters. The summed E-state index contributed by atoms with van der Waals surface area (Å²) in [7, 11) is 0. The molecule has 0 saturated carbocycles. The van der Waals surface area contributed by atoms with Crippen LogP contribution in [0, 0.1) is 0 Å². The minimum atomic E-state index is -0.0128. The van der Waals surface area contributed by atoms with Crippen LogP contribution in [0.2, 0.25) is 0 Å². The molecule has 1 aliphatic heterocycles. The van der Waals surface area contributed by atoms with E-state index in [1.165, 1.54) is 0 Å². The fourth-order valence-corrected chi connectivity index (χ4v) is 3.55. The van der Waals surface area contributed by atoms with Gasteiger partial charge in [-0.05, 0) is 36.9 Å². The molecule has 6 heteroatoms. The lowest BCUT2D eigenvalue weighted by atomic mass is 10.3. The molecule has 1 N–H and O–H groups in total. The Kier molecular flexibility index (Phi) is 6.30. The average Bonchev–Trinajstić information content (AvgIpc) is 2.89. The standard InChI is InChI=1S/C19H24N4OS/c1-25-18-9-3-2-8-17(18)21-19(24)23-12-6-11-22(13-14-23)15-16-7-4-5-10-20-16/h2-5,7-10H,6,11-15H2,1H3,(H,21,24). The Morgan fingerprint density at radius 3 is 2.76 bits per heavy atom. The molecule has 1 saturated heterocycles. The number of hydrogen-bond acceptors (Lipinski definition) is 4. The van der Waals surface area contributed by atoms with Gasteiger partial charge in [0.25, 0.3) is 0 Å². The smallest absolute Gasteiger partial charge is 0.321 e. The molecular weight excluding hydrogens is 332 g/mol. The first-order valence-electron chi connectivity index (χ1n) is 8.57. The number of amides is 2. The van der Waals surface area contributed by atoms with Crippen LogP contribution < -0.4 is 5.32 Å². The molecule has 1 fully saturated rings. The number of pyridine rings is 1. The second kappa shape index (κ2) is 8.87. The maximum absolute atomic E-state index is 12.6. The van der Waals surface area contributed by atoms with Crippen molar-refractivity contribution in [2.45, 2.75) is 17.9 Å². The number of nitrogens with one attached hydrogen (secondary N) is 1. The van der Waals surface area contributed by atoms with Crippen molar-refractivity contribution in [2.75, 3.05) is 37.8 Å². The Bertz CT molecular complexity index is 695. The summed E-state index contributed by atoms with van der Waals surface area (Å²) in [5.41, 5.74) is 1.96. The van der Waals surface area contributed by atoms with Gasteiger partial charge >= 0.3 is 6.03 Å². The molecular formula is C19H24N4OS. The van der Waals surface area contributed by atoms with E-state index in [-0.39, 0.29) is 6.03 Å². The van der Waals surface area contributed by atoms with E-state index < -0.39 is 0 Å². The summed E-state index contributed by atoms with van der Waals surface area (Å²) >= 11 is 1.64. The summed E-state index contributed by atoms with van der Waals surface area (Å²) in [6.45, 7) is 4.22. The summed E-state index contributed by atoms with van der Waals surface area (Å²) in [5.74, 6) is 0. The van der Waals surface area contributed by atoms with Gasteiger partial charge in [0.1, 0.15) is 0 Å². The van der Waals surface area contributed by atoms with Crippen molar-refractivity contribution in [3.05, 3.63) is 54.4 Å². The van der Waals surface area contributed by atoms with Gasteiger partial charge in [-0.3, -0.25) is 9.88 Å². The zero-order valence-corrected chi connectivity index (χ0v) is 15.3. The van der Waals surface area contributed by atoms with Crippen molar-refractivity contribution in [2.24, 2.45) is 0 Å². The number of carbonyl (C=O) groups excluding carboxylic acids is 1. The highest BCUT2D eigenvalue weighted by atomic mass is 32.2. The molecule has 0 bridgehead atoms. The predicted molar refractivity (Wildman–Crippen MR) is 103 cm³/mol. The second-order valence-electron chi connectivity index (χ2n) is 6.07. The molecule has 0 spiro atoms. The second-order valence-corrected chi connectivity index (χ2v) is 6.92. The fraction of sp³-hybridized carbons (Fsp3) is 0.368. The van der Waals surface area contributed by atoms with Crippen molar-refractivity contribution in [1.82, 2.24) is 14.8 Å². The largest absolute Gasteiger partial charge is 0.323 e. The van der Waals surface area contributed by atoms with Crippen LogP contribution in [0.4, 0.5) is 10.5 Å². The van der Waals surface area contributed by atoms with Gasteiger partial charge in [0, 0.05) is 43.8 Å². The van der Waals surface area contributed by atoms with Gasteiger partial charge in [-0.1, -0.05) is 18.2 Å². The highest BCUT2D eigenvalue weighted by molar-refractivity contribution is 7.98. The van der Waals surface area contributed by atoms with E-state index in [4.69, 9.17) is 0 Å². The van der Waals surface area contributed by atoms with Crippen LogP contribution >= 0.6 is 11.8 Å². The minimum Gasteiger partial charge on any atom is -0.323 e. The number of urea groups is 1. The first-order chi connectivity index (χ1) is 12.3. The lowest BCUT2D eigenvalue weighted by Gasteiger charge is -2.22. The Hall–Kier alpha value is -2.05. The van der Waals surface area contributed by atoms with Crippen molar-refractivity contribution in [1.29, 1.82) is 0 Å². The number of benzene rings is 1. The molecule has 1 aromatic heterocycles. The van der Waals surface area contributed by atoms with E-state index in [1.807, 2.05) is 53.8 Å². The van der Waals surface area contributed by atoms with Crippen molar-refractivity contribution >= 4 is 23.5 Å². The molecule has 2 heterocycles. The SMILES string of the molecule is CSc1ccccc1NC(=O)N1CCCN(Cc2ccccn2)CC1. The Balaban J connectivity index is 1.56. The molecule has 5 nitrogen and oxygen atoms in total. The van der Waals surface area contributed by atoms with E-state index in [1.54, 1.807) is 11.8 Å². The van der Waals surface area contributed by atoms with E-state index in [9.17, 15) is 4.79 Å². The third-order valence-corrected chi connectivity index (χ3v) is 5.13. The van der Waals surface area contributed by atoms with Gasteiger partial charge in [0.15, 0.2) is 0 Å². The first kappa shape index (κ1) is 17.8. The van der Waals surface area contributed by atoms with Gasteiger partial charge in [0.05, 0.1) is 11.4 Å². The molecule has 132 valence electrons. The normalized spacial score (nSPS) is 15.6. The summed E-state index contributed by atoms with van der Waals surface area (Å²) < 4.78 is 0. The molecule has 3 rings (SSSR count). The van der Waals surface area contributed by atoms with Crippen LogP contribution in [0.1, 0.15) is 12.1 Å². The fourth-order valence-electron chi connectivity index (χ4n) is 3.00. The summed E-state index contributed by atoms with van der Waals surface area (Å²) in [6, 6.07) is 13.9. The maximum atomic E-state index is 12.6. The molecule has 1 aliphatic rings. The van der Waals surface area contributed by atoms with Gasteiger partial charge < -0.3 is 10.2 Å². The molecule has 25 heavy (non-hydrogen) atoms. The van der Waals surface area contributed by atoms with Gasteiger partial charge in [-0.15, -0.1) is 11.8 Å². The van der Waals surface area contributed by atoms with Gasteiger partial charge in [-0.25, -0.2) is 4.79 Å². The Morgan fingerprint density at radius 1 is 1.12 bits per heavy atom. The van der Waals surface area contributed by atoms with E-state index in [2.05, 4.69) is 21.3 Å². The maximum Gasteiger partial charge on any atom is 0.321 e. The lowest BCUT2D eigenvalue weighted by Crippen LogP contribution is -2.38. The zero-order chi connectivity index (χ0) is 17.5. The van der Waals surface area contributed by atoms with Crippen LogP contribution in [0.25, 0.3) is 0 Å². The highest BCUT2D eigenvalue weighted by Gasteiger charge is 2.20. The third-order valence-electron chi connectivity index (χ3n) is 4.34. The molecule has 2 amide bonds. The van der Waals surface area contributed by atoms with Gasteiger partial charge in [0.2, 0.25) is 0 Å². The quantitative estimate of drug-likeness (QED) is 0.851. The molecule has 0 unspecified atom stereocenters. The monoisotopic (exact) mass is 356 g/mol. The molecule has 0 radical (unpaired) electrons. The van der Waals surface area contributed by atoms with Crippen LogP contribution in [-0.4, -0.2) is 53.2 Å². The lowest BCUT2D eigenvalue weighted by molar-refractivity contribution is 0.210. The van der Waals surface area contributed by atoms with E-state index >= 15 is 0 Å². The van der Waals surface area contributed by atoms with Crippen LogP contribution in [0.3, 0.4) is 0 Å². The average molecular weight is 356 g/mol. The van der Waals surface area contributed by atoms with E-state index in [0.717, 1.165) is 55.4 Å². The topological polar surface area (TPSA) is 48.5 Å². The van der Waals surface area contributed by atoms with Crippen LogP contribution in [0.15, 0.2) is 53.6 Å². The summed E-state index contributed by atoms with van der Waals surface area (Å²) in [5, 5.41) is 3.06. The number of hydrogen-bond donors (Lipinski definition) is 1. The molecule has 0 aliphatic carbocycles. The Labute approximate surface area is 153 Å². The van der Waals surface area contributed by atoms with Crippen molar-refractivity contribution < 1.29 is 4.79 Å². The summed E-state index contributed by atoms with van der Waals surface area (Å²) in [4.78, 5) is 22.4. The summed E-state index contributed by atoms with van der Waals surface area (Å²) in [6.07, 6.45) is 4.83. The number of aromatic nitrogens is 1. The first-order valence-corrected chi connectivity index (χ1v) is 9.80. The van der Waals surface area contributed by atoms with Crippen LogP contribution in [-0.2, 0) is 6.54 Å². The number of rotatable bonds is 4. The zero-order valence-electron chi connectivity index (χ0n) is 14.5. The predicted octanol–water partition coefficient (Wildman–Crippen LogP) is 3.54. The van der Waals surface area contributed by atoms with Gasteiger partial charge in [-0.2, -0.15) is 0 Å². The Morgan fingerprint density at radius 2 is 1.96 bits per heavy atom. The number of carbonyl (C=O) groups is 1. The number of anilines is 1. The number of thioether (sulfide) groups is 1. The van der Waals surface area contributed by atoms with Crippen molar-refractivity contribution in [3.8, 4) is 0 Å². The van der Waals surface area contributed by atoms with Crippen molar-refractivity contribution in [3.63, 3.8) is 0 Å².